The number of nitrogens with one attached hydrogen (secondary N) is 1. The van der Waals surface area contributed by atoms with Crippen molar-refractivity contribution < 1.29 is 0 Å². The second kappa shape index (κ2) is 7.12. The van der Waals surface area contributed by atoms with Crippen molar-refractivity contribution in [2.45, 2.75) is 46.5 Å². The average molecular weight is 274 g/mol. The van der Waals surface area contributed by atoms with Gasteiger partial charge in [-0.2, -0.15) is 0 Å². The largest absolute Gasteiger partial charge is 0.384 e. The minimum Gasteiger partial charge on any atom is -0.384 e. The van der Waals surface area contributed by atoms with Gasteiger partial charge in [0.1, 0.15) is 0 Å². The highest BCUT2D eigenvalue weighted by Crippen LogP contribution is 2.37. The summed E-state index contributed by atoms with van der Waals surface area (Å²) in [4.78, 5) is 2.62. The van der Waals surface area contributed by atoms with Gasteiger partial charge in [0, 0.05) is 18.8 Å². The van der Waals surface area contributed by atoms with Crippen molar-refractivity contribution in [3.63, 3.8) is 0 Å². The van der Waals surface area contributed by atoms with Crippen LogP contribution >= 0.6 is 0 Å². The first-order chi connectivity index (χ1) is 9.67. The molecule has 1 aromatic rings. The first-order valence-corrected chi connectivity index (χ1v) is 8.20. The second-order valence-corrected chi connectivity index (χ2v) is 6.34. The van der Waals surface area contributed by atoms with Crippen LogP contribution in [-0.4, -0.2) is 31.1 Å². The van der Waals surface area contributed by atoms with Gasteiger partial charge < -0.3 is 10.2 Å². The van der Waals surface area contributed by atoms with Crippen LogP contribution in [0.3, 0.4) is 0 Å². The van der Waals surface area contributed by atoms with Crippen LogP contribution in [0, 0.1) is 12.3 Å². The molecular formula is C18H30N2. The van der Waals surface area contributed by atoms with E-state index in [1.807, 2.05) is 0 Å². The molecule has 0 unspecified atom stereocenters. The zero-order chi connectivity index (χ0) is 14.4. The summed E-state index contributed by atoms with van der Waals surface area (Å²) < 4.78 is 0. The summed E-state index contributed by atoms with van der Waals surface area (Å²) in [6.45, 7) is 11.6. The monoisotopic (exact) mass is 274 g/mol. The van der Waals surface area contributed by atoms with Crippen LogP contribution in [0.15, 0.2) is 24.3 Å². The molecule has 1 saturated heterocycles. The van der Waals surface area contributed by atoms with Crippen LogP contribution in [0.1, 0.15) is 45.1 Å². The van der Waals surface area contributed by atoms with E-state index in [0.717, 1.165) is 13.1 Å². The SMILES string of the molecule is CCC1(CC)CCN(CCNc2ccc(C)cc2)CC1. The molecule has 112 valence electrons. The maximum absolute atomic E-state index is 3.53. The topological polar surface area (TPSA) is 15.3 Å². The summed E-state index contributed by atoms with van der Waals surface area (Å²) in [5, 5.41) is 3.53. The van der Waals surface area contributed by atoms with E-state index < -0.39 is 0 Å². The van der Waals surface area contributed by atoms with Gasteiger partial charge in [-0.25, -0.2) is 0 Å². The Balaban J connectivity index is 1.70. The maximum atomic E-state index is 3.53. The highest BCUT2D eigenvalue weighted by atomic mass is 15.1. The van der Waals surface area contributed by atoms with E-state index in [1.54, 1.807) is 0 Å². The summed E-state index contributed by atoms with van der Waals surface area (Å²) in [5.74, 6) is 0. The normalized spacial score (nSPS) is 18.9. The zero-order valence-electron chi connectivity index (χ0n) is 13.4. The Kier molecular flexibility index (Phi) is 5.47. The van der Waals surface area contributed by atoms with Crippen molar-refractivity contribution in [2.75, 3.05) is 31.5 Å². The van der Waals surface area contributed by atoms with E-state index in [0.29, 0.717) is 5.41 Å². The summed E-state index contributed by atoms with van der Waals surface area (Å²) in [7, 11) is 0. The van der Waals surface area contributed by atoms with Gasteiger partial charge in [0.2, 0.25) is 0 Å². The molecule has 0 saturated carbocycles. The maximum Gasteiger partial charge on any atom is 0.0340 e. The van der Waals surface area contributed by atoms with Gasteiger partial charge >= 0.3 is 0 Å². The Morgan fingerprint density at radius 2 is 1.65 bits per heavy atom. The zero-order valence-corrected chi connectivity index (χ0v) is 13.4. The van der Waals surface area contributed by atoms with Crippen LogP contribution in [0.4, 0.5) is 5.69 Å². The van der Waals surface area contributed by atoms with Gasteiger partial charge in [0.05, 0.1) is 0 Å². The van der Waals surface area contributed by atoms with E-state index in [2.05, 4.69) is 55.3 Å². The number of rotatable bonds is 6. The number of anilines is 1. The lowest BCUT2D eigenvalue weighted by Gasteiger charge is -2.41. The molecule has 1 aliphatic heterocycles. The van der Waals surface area contributed by atoms with Crippen molar-refractivity contribution in [1.29, 1.82) is 0 Å². The number of likely N-dealkylation sites (tertiary alicyclic amines) is 1. The van der Waals surface area contributed by atoms with Crippen LogP contribution in [0.5, 0.6) is 0 Å². The van der Waals surface area contributed by atoms with E-state index in [4.69, 9.17) is 0 Å². The molecule has 0 aromatic heterocycles. The number of piperidine rings is 1. The van der Waals surface area contributed by atoms with Gasteiger partial charge in [0.15, 0.2) is 0 Å². The van der Waals surface area contributed by atoms with Crippen LogP contribution in [0.25, 0.3) is 0 Å². The molecule has 2 rings (SSSR count). The Morgan fingerprint density at radius 1 is 1.05 bits per heavy atom. The Labute approximate surface area is 124 Å². The van der Waals surface area contributed by atoms with Crippen LogP contribution in [-0.2, 0) is 0 Å². The van der Waals surface area contributed by atoms with Crippen molar-refractivity contribution in [2.24, 2.45) is 5.41 Å². The van der Waals surface area contributed by atoms with Gasteiger partial charge in [-0.05, 0) is 50.4 Å². The molecule has 20 heavy (non-hydrogen) atoms. The molecule has 0 atom stereocenters. The first-order valence-electron chi connectivity index (χ1n) is 8.20. The minimum atomic E-state index is 0.640. The fraction of sp³-hybridized carbons (Fsp3) is 0.667. The van der Waals surface area contributed by atoms with Gasteiger partial charge in [-0.3, -0.25) is 0 Å². The second-order valence-electron chi connectivity index (χ2n) is 6.34. The molecule has 1 N–H and O–H groups in total. The fourth-order valence-electron chi connectivity index (χ4n) is 3.24. The number of hydrogen-bond acceptors (Lipinski definition) is 2. The molecule has 0 aliphatic carbocycles. The number of hydrogen-bond donors (Lipinski definition) is 1. The van der Waals surface area contributed by atoms with Crippen molar-refractivity contribution in [3.05, 3.63) is 29.8 Å². The van der Waals surface area contributed by atoms with Crippen molar-refractivity contribution in [1.82, 2.24) is 4.90 Å². The molecular weight excluding hydrogens is 244 g/mol. The molecule has 0 radical (unpaired) electrons. The van der Waals surface area contributed by atoms with E-state index in [9.17, 15) is 0 Å². The Bertz CT molecular complexity index is 382. The van der Waals surface area contributed by atoms with E-state index in [1.165, 1.54) is 50.0 Å². The molecule has 0 bridgehead atoms. The first kappa shape index (κ1) is 15.4. The Morgan fingerprint density at radius 3 is 2.20 bits per heavy atom. The van der Waals surface area contributed by atoms with Gasteiger partial charge in [0.25, 0.3) is 0 Å². The average Bonchev–Trinajstić information content (AvgIpc) is 2.50. The van der Waals surface area contributed by atoms with E-state index >= 15 is 0 Å². The van der Waals surface area contributed by atoms with Gasteiger partial charge in [-0.1, -0.05) is 44.4 Å². The smallest absolute Gasteiger partial charge is 0.0340 e. The third-order valence-corrected chi connectivity index (χ3v) is 5.23. The molecule has 2 nitrogen and oxygen atoms in total. The highest BCUT2D eigenvalue weighted by molar-refractivity contribution is 5.44. The fourth-order valence-corrected chi connectivity index (χ4v) is 3.24. The molecule has 2 heteroatoms. The summed E-state index contributed by atoms with van der Waals surface area (Å²) >= 11 is 0. The standard InChI is InChI=1S/C18H30N2/c1-4-18(5-2)10-13-20(14-11-18)15-12-19-17-8-6-16(3)7-9-17/h6-9,19H,4-5,10-15H2,1-3H3. The lowest BCUT2D eigenvalue weighted by molar-refractivity contribution is 0.0983. The predicted octanol–water partition coefficient (Wildman–Crippen LogP) is 4.31. The summed E-state index contributed by atoms with van der Waals surface area (Å²) in [6, 6.07) is 8.68. The quantitative estimate of drug-likeness (QED) is 0.831. The minimum absolute atomic E-state index is 0.640. The third-order valence-electron chi connectivity index (χ3n) is 5.23. The Hall–Kier alpha value is -1.02. The summed E-state index contributed by atoms with van der Waals surface area (Å²) in [6.07, 6.45) is 5.45. The lowest BCUT2D eigenvalue weighted by atomic mass is 9.74. The van der Waals surface area contributed by atoms with E-state index in [-0.39, 0.29) is 0 Å². The molecule has 1 aromatic carbocycles. The van der Waals surface area contributed by atoms with Crippen LogP contribution in [0.2, 0.25) is 0 Å². The molecule has 0 amide bonds. The van der Waals surface area contributed by atoms with Crippen LogP contribution < -0.4 is 5.32 Å². The highest BCUT2D eigenvalue weighted by Gasteiger charge is 2.30. The third kappa shape index (κ3) is 3.99. The molecule has 1 heterocycles. The molecule has 1 fully saturated rings. The molecule has 1 aliphatic rings. The van der Waals surface area contributed by atoms with Crippen molar-refractivity contribution >= 4 is 5.69 Å². The number of aryl methyl sites for hydroxylation is 1. The number of nitrogens with zero attached hydrogens (tertiary/aromatic N) is 1. The predicted molar refractivity (Wildman–Crippen MR) is 88.4 cm³/mol. The summed E-state index contributed by atoms with van der Waals surface area (Å²) in [5.41, 5.74) is 3.20. The van der Waals surface area contributed by atoms with Crippen molar-refractivity contribution in [3.8, 4) is 0 Å². The number of benzene rings is 1. The lowest BCUT2D eigenvalue weighted by Crippen LogP contribution is -2.41. The van der Waals surface area contributed by atoms with Gasteiger partial charge in [-0.15, -0.1) is 0 Å². The molecule has 0 spiro atoms.